The van der Waals surface area contributed by atoms with Crippen LogP contribution < -0.4 is 5.32 Å². The van der Waals surface area contributed by atoms with Gasteiger partial charge in [-0.3, -0.25) is 9.59 Å². The Morgan fingerprint density at radius 2 is 1.73 bits per heavy atom. The molecule has 0 bridgehead atoms. The SMILES string of the molecule is C=CCN(CC(=O)O)C(=O)CCCC(C)NC(=O)OCC1c2ccccc2-c2ccccc21. The van der Waals surface area contributed by atoms with Gasteiger partial charge in [0.05, 0.1) is 0 Å². The molecule has 0 aromatic heterocycles. The van der Waals surface area contributed by atoms with Crippen molar-refractivity contribution in [3.63, 3.8) is 0 Å². The van der Waals surface area contributed by atoms with Crippen LogP contribution in [0.15, 0.2) is 61.2 Å². The highest BCUT2D eigenvalue weighted by Crippen LogP contribution is 2.44. The summed E-state index contributed by atoms with van der Waals surface area (Å²) < 4.78 is 5.55. The van der Waals surface area contributed by atoms with Crippen LogP contribution in [0.2, 0.25) is 0 Å². The second kappa shape index (κ2) is 11.3. The summed E-state index contributed by atoms with van der Waals surface area (Å²) >= 11 is 0. The third kappa shape index (κ3) is 6.22. The minimum absolute atomic E-state index is 0.00107. The first-order valence-electron chi connectivity index (χ1n) is 11.1. The van der Waals surface area contributed by atoms with Crippen molar-refractivity contribution in [3.8, 4) is 11.1 Å². The molecule has 1 aliphatic rings. The second-order valence-corrected chi connectivity index (χ2v) is 8.22. The van der Waals surface area contributed by atoms with E-state index in [1.54, 1.807) is 0 Å². The van der Waals surface area contributed by atoms with Gasteiger partial charge < -0.3 is 20.1 Å². The third-order valence-corrected chi connectivity index (χ3v) is 5.76. The molecule has 0 heterocycles. The van der Waals surface area contributed by atoms with Gasteiger partial charge in [0.1, 0.15) is 13.2 Å². The highest BCUT2D eigenvalue weighted by Gasteiger charge is 2.29. The average Bonchev–Trinajstić information content (AvgIpc) is 3.11. The first kappa shape index (κ1) is 24.0. The highest BCUT2D eigenvalue weighted by molar-refractivity contribution is 5.81. The molecular weight excluding hydrogens is 420 g/mol. The molecule has 0 aliphatic heterocycles. The fourth-order valence-electron chi connectivity index (χ4n) is 4.20. The fraction of sp³-hybridized carbons (Fsp3) is 0.346. The molecule has 1 aliphatic carbocycles. The van der Waals surface area contributed by atoms with E-state index in [2.05, 4.69) is 36.2 Å². The van der Waals surface area contributed by atoms with Gasteiger partial charge in [-0.1, -0.05) is 54.6 Å². The molecule has 2 aromatic rings. The van der Waals surface area contributed by atoms with E-state index >= 15 is 0 Å². The lowest BCUT2D eigenvalue weighted by Gasteiger charge is -2.20. The first-order valence-corrected chi connectivity index (χ1v) is 11.1. The molecule has 0 spiro atoms. The number of alkyl carbamates (subject to hydrolysis) is 1. The summed E-state index contributed by atoms with van der Waals surface area (Å²) in [4.78, 5) is 36.7. The summed E-state index contributed by atoms with van der Waals surface area (Å²) in [5.74, 6) is -1.30. The Hall–Kier alpha value is -3.61. The zero-order valence-electron chi connectivity index (χ0n) is 18.8. The lowest BCUT2D eigenvalue weighted by atomic mass is 9.98. The van der Waals surface area contributed by atoms with E-state index in [0.717, 1.165) is 11.1 Å². The zero-order chi connectivity index (χ0) is 23.8. The van der Waals surface area contributed by atoms with Crippen molar-refractivity contribution in [1.82, 2.24) is 10.2 Å². The van der Waals surface area contributed by atoms with Crippen LogP contribution in [-0.4, -0.2) is 53.7 Å². The van der Waals surface area contributed by atoms with Gasteiger partial charge in [0.25, 0.3) is 0 Å². The van der Waals surface area contributed by atoms with E-state index in [1.165, 1.54) is 22.1 Å². The molecule has 0 saturated carbocycles. The van der Waals surface area contributed by atoms with Crippen LogP contribution in [0.3, 0.4) is 0 Å². The van der Waals surface area contributed by atoms with E-state index in [-0.39, 0.29) is 44.0 Å². The Balaban J connectivity index is 1.45. The van der Waals surface area contributed by atoms with Crippen molar-refractivity contribution in [2.24, 2.45) is 0 Å². The Morgan fingerprint density at radius 1 is 1.12 bits per heavy atom. The largest absolute Gasteiger partial charge is 0.480 e. The monoisotopic (exact) mass is 450 g/mol. The van der Waals surface area contributed by atoms with Gasteiger partial charge in [-0.15, -0.1) is 6.58 Å². The molecule has 7 nitrogen and oxygen atoms in total. The van der Waals surface area contributed by atoms with Gasteiger partial charge in [-0.2, -0.15) is 0 Å². The molecule has 33 heavy (non-hydrogen) atoms. The van der Waals surface area contributed by atoms with Crippen LogP contribution in [0.1, 0.15) is 43.2 Å². The van der Waals surface area contributed by atoms with Crippen molar-refractivity contribution in [3.05, 3.63) is 72.3 Å². The third-order valence-electron chi connectivity index (χ3n) is 5.76. The van der Waals surface area contributed by atoms with E-state index in [0.29, 0.717) is 12.8 Å². The van der Waals surface area contributed by atoms with E-state index < -0.39 is 12.1 Å². The van der Waals surface area contributed by atoms with Gasteiger partial charge in [0.15, 0.2) is 0 Å². The minimum Gasteiger partial charge on any atom is -0.480 e. The molecule has 174 valence electrons. The summed E-state index contributed by atoms with van der Waals surface area (Å²) in [6, 6.07) is 16.1. The number of carbonyl (C=O) groups is 3. The van der Waals surface area contributed by atoms with Gasteiger partial charge in [0, 0.05) is 24.9 Å². The second-order valence-electron chi connectivity index (χ2n) is 8.22. The molecule has 0 fully saturated rings. The molecule has 7 heteroatoms. The van der Waals surface area contributed by atoms with Crippen LogP contribution in [0, 0.1) is 0 Å². The normalized spacial score (nSPS) is 12.9. The van der Waals surface area contributed by atoms with Gasteiger partial charge in [-0.25, -0.2) is 4.79 Å². The van der Waals surface area contributed by atoms with Gasteiger partial charge in [0.2, 0.25) is 5.91 Å². The molecule has 2 amide bonds. The Labute approximate surface area is 194 Å². The average molecular weight is 451 g/mol. The number of benzene rings is 2. The maximum absolute atomic E-state index is 12.4. The maximum Gasteiger partial charge on any atom is 0.407 e. The summed E-state index contributed by atoms with van der Waals surface area (Å²) in [7, 11) is 0. The predicted molar refractivity (Wildman–Crippen MR) is 126 cm³/mol. The zero-order valence-corrected chi connectivity index (χ0v) is 18.8. The Kier molecular flexibility index (Phi) is 8.24. The quantitative estimate of drug-likeness (QED) is 0.501. The predicted octanol–water partition coefficient (Wildman–Crippen LogP) is 4.18. The summed E-state index contributed by atoms with van der Waals surface area (Å²) in [5.41, 5.74) is 4.66. The standard InChI is InChI=1S/C26H30N2O5/c1-3-15-28(16-25(30)31)24(29)14-8-9-18(2)27-26(32)33-17-23-21-12-6-4-10-19(21)20-11-5-7-13-22(20)23/h3-7,10-13,18,23H,1,8-9,14-17H2,2H3,(H,27,32)(H,30,31). The van der Waals surface area contributed by atoms with E-state index in [9.17, 15) is 14.4 Å². The van der Waals surface area contributed by atoms with Gasteiger partial charge in [-0.05, 0) is 42.0 Å². The molecular formula is C26H30N2O5. The van der Waals surface area contributed by atoms with Gasteiger partial charge >= 0.3 is 12.1 Å². The number of hydrogen-bond acceptors (Lipinski definition) is 4. The molecule has 0 radical (unpaired) electrons. The number of aliphatic carboxylic acids is 1. The number of ether oxygens (including phenoxy) is 1. The summed E-state index contributed by atoms with van der Waals surface area (Å²) in [5, 5.41) is 11.7. The molecule has 0 saturated heterocycles. The fourth-order valence-corrected chi connectivity index (χ4v) is 4.20. The number of hydrogen-bond donors (Lipinski definition) is 2. The number of carbonyl (C=O) groups excluding carboxylic acids is 2. The number of nitrogens with zero attached hydrogens (tertiary/aromatic N) is 1. The molecule has 2 aromatic carbocycles. The lowest BCUT2D eigenvalue weighted by molar-refractivity contribution is -0.144. The van der Waals surface area contributed by atoms with Crippen LogP contribution >= 0.6 is 0 Å². The first-order chi connectivity index (χ1) is 15.9. The number of rotatable bonds is 11. The maximum atomic E-state index is 12.4. The topological polar surface area (TPSA) is 95.9 Å². The number of nitrogens with one attached hydrogen (secondary N) is 1. The van der Waals surface area contributed by atoms with Crippen LogP contribution in [0.25, 0.3) is 11.1 Å². The lowest BCUT2D eigenvalue weighted by Crippen LogP contribution is -2.36. The Morgan fingerprint density at radius 3 is 2.30 bits per heavy atom. The summed E-state index contributed by atoms with van der Waals surface area (Å²) in [6.07, 6.45) is 2.32. The number of carboxylic acid groups (broad SMARTS) is 1. The highest BCUT2D eigenvalue weighted by atomic mass is 16.5. The van der Waals surface area contributed by atoms with Crippen LogP contribution in [-0.2, 0) is 14.3 Å². The van der Waals surface area contributed by atoms with Crippen molar-refractivity contribution < 1.29 is 24.2 Å². The van der Waals surface area contributed by atoms with E-state index in [4.69, 9.17) is 9.84 Å². The number of fused-ring (bicyclic) bond motifs is 3. The Bertz CT molecular complexity index is 974. The molecule has 1 unspecified atom stereocenters. The van der Waals surface area contributed by atoms with Crippen LogP contribution in [0.5, 0.6) is 0 Å². The van der Waals surface area contributed by atoms with Crippen molar-refractivity contribution >= 4 is 18.0 Å². The van der Waals surface area contributed by atoms with E-state index in [1.807, 2.05) is 31.2 Å². The molecule has 3 rings (SSSR count). The van der Waals surface area contributed by atoms with Crippen molar-refractivity contribution in [2.45, 2.75) is 38.1 Å². The number of amides is 2. The summed E-state index contributed by atoms with van der Waals surface area (Å²) in [6.45, 7) is 5.50. The smallest absolute Gasteiger partial charge is 0.407 e. The molecule has 2 N–H and O–H groups in total. The van der Waals surface area contributed by atoms with Crippen LogP contribution in [0.4, 0.5) is 4.79 Å². The van der Waals surface area contributed by atoms with Crippen molar-refractivity contribution in [1.29, 1.82) is 0 Å². The number of carboxylic acids is 1. The molecule has 1 atom stereocenters. The minimum atomic E-state index is -1.06. The van der Waals surface area contributed by atoms with Crippen molar-refractivity contribution in [2.75, 3.05) is 19.7 Å².